The quantitative estimate of drug-likeness (QED) is 0.319. The Morgan fingerprint density at radius 3 is 2.81 bits per heavy atom. The van der Waals surface area contributed by atoms with Crippen molar-refractivity contribution < 1.29 is 19.4 Å². The third-order valence-electron chi connectivity index (χ3n) is 6.89. The van der Waals surface area contributed by atoms with Crippen LogP contribution in [0.1, 0.15) is 37.9 Å². The number of hydrazine groups is 1. The number of ether oxygens (including phenoxy) is 1. The number of hydrogen-bond donors (Lipinski definition) is 3. The molecule has 9 heteroatoms. The first kappa shape index (κ1) is 24.8. The fourth-order valence-corrected chi connectivity index (χ4v) is 5.01. The molecule has 192 valence electrons. The van der Waals surface area contributed by atoms with Gasteiger partial charge < -0.3 is 15.6 Å². The average Bonchev–Trinajstić information content (AvgIpc) is 3.22. The number of fused-ring (bicyclic) bond motifs is 6. The largest absolute Gasteiger partial charge is 0.508 e. The van der Waals surface area contributed by atoms with Crippen molar-refractivity contribution in [3.05, 3.63) is 47.7 Å². The maximum atomic E-state index is 13.1. The van der Waals surface area contributed by atoms with Crippen molar-refractivity contribution >= 4 is 22.8 Å². The van der Waals surface area contributed by atoms with Gasteiger partial charge in [-0.2, -0.15) is 5.10 Å². The number of phenolic OH excluding ortho intramolecular Hbond substituents is 1. The molecular formula is C28H31N5O4. The van der Waals surface area contributed by atoms with E-state index in [-0.39, 0.29) is 24.7 Å². The zero-order chi connectivity index (χ0) is 26.3. The Balaban J connectivity index is 1.61. The highest BCUT2D eigenvalue weighted by Crippen LogP contribution is 2.31. The van der Waals surface area contributed by atoms with Crippen molar-refractivity contribution in [3.8, 4) is 29.2 Å². The van der Waals surface area contributed by atoms with Crippen LogP contribution in [-0.4, -0.2) is 57.0 Å². The molecule has 37 heavy (non-hydrogen) atoms. The van der Waals surface area contributed by atoms with Gasteiger partial charge in [-0.1, -0.05) is 26.0 Å². The number of nitrogens with zero attached hydrogens (tertiary/aromatic N) is 3. The van der Waals surface area contributed by atoms with Gasteiger partial charge in [-0.25, -0.2) is 5.43 Å². The minimum Gasteiger partial charge on any atom is -0.508 e. The van der Waals surface area contributed by atoms with Crippen LogP contribution in [0.3, 0.4) is 0 Å². The zero-order valence-corrected chi connectivity index (χ0v) is 21.0. The Morgan fingerprint density at radius 1 is 1.22 bits per heavy atom. The van der Waals surface area contributed by atoms with Crippen LogP contribution in [0.25, 0.3) is 22.0 Å². The molecule has 0 radical (unpaired) electrons. The molecule has 9 nitrogen and oxygen atoms in total. The van der Waals surface area contributed by atoms with Gasteiger partial charge in [0.25, 0.3) is 5.91 Å². The van der Waals surface area contributed by atoms with E-state index < -0.39 is 23.5 Å². The number of terminal acetylenes is 1. The summed E-state index contributed by atoms with van der Waals surface area (Å²) in [6.07, 6.45) is 7.19. The van der Waals surface area contributed by atoms with E-state index in [1.54, 1.807) is 12.1 Å². The summed E-state index contributed by atoms with van der Waals surface area (Å²) in [7, 11) is 0. The zero-order valence-electron chi connectivity index (χ0n) is 21.0. The molecule has 6 bridgehead atoms. The molecule has 0 unspecified atom stereocenters. The number of amides is 1. The van der Waals surface area contributed by atoms with Crippen LogP contribution < -0.4 is 11.2 Å². The van der Waals surface area contributed by atoms with E-state index in [1.165, 1.54) is 5.01 Å². The Kier molecular flexibility index (Phi) is 6.40. The van der Waals surface area contributed by atoms with Crippen molar-refractivity contribution in [2.45, 2.75) is 51.7 Å². The first-order valence-electron chi connectivity index (χ1n) is 12.4. The van der Waals surface area contributed by atoms with E-state index in [4.69, 9.17) is 16.9 Å². The molecule has 1 fully saturated rings. The lowest BCUT2D eigenvalue weighted by atomic mass is 9.94. The Labute approximate surface area is 215 Å². The Bertz CT molecular complexity index is 1420. The second-order valence-corrected chi connectivity index (χ2v) is 10.7. The van der Waals surface area contributed by atoms with Crippen molar-refractivity contribution in [1.29, 1.82) is 0 Å². The highest BCUT2D eigenvalue weighted by molar-refractivity contribution is 5.89. The van der Waals surface area contributed by atoms with E-state index in [1.807, 2.05) is 42.8 Å². The summed E-state index contributed by atoms with van der Waals surface area (Å²) < 4.78 is 7.55. The van der Waals surface area contributed by atoms with Crippen molar-refractivity contribution in [3.63, 3.8) is 0 Å². The minimum atomic E-state index is -0.850. The lowest BCUT2D eigenvalue weighted by Gasteiger charge is -2.34. The normalized spacial score (nSPS) is 22.3. The molecule has 1 aromatic heterocycles. The fourth-order valence-electron chi connectivity index (χ4n) is 5.01. The van der Waals surface area contributed by atoms with Gasteiger partial charge in [0, 0.05) is 17.3 Å². The summed E-state index contributed by atoms with van der Waals surface area (Å²) in [5.41, 5.74) is 12.6. The average molecular weight is 502 g/mol. The number of rotatable bonds is 0. The number of nitrogens with two attached hydrogens (primary N) is 1. The van der Waals surface area contributed by atoms with Crippen LogP contribution in [0.5, 0.6) is 5.75 Å². The Hall–Kier alpha value is -3.87. The third-order valence-corrected chi connectivity index (χ3v) is 6.89. The van der Waals surface area contributed by atoms with Gasteiger partial charge in [-0.15, -0.1) is 6.42 Å². The van der Waals surface area contributed by atoms with Crippen LogP contribution >= 0.6 is 0 Å². The van der Waals surface area contributed by atoms with Crippen LogP contribution in [-0.2, 0) is 27.3 Å². The van der Waals surface area contributed by atoms with Crippen molar-refractivity contribution in [2.75, 3.05) is 13.2 Å². The molecule has 4 N–H and O–H groups in total. The van der Waals surface area contributed by atoms with Crippen molar-refractivity contribution in [1.82, 2.24) is 20.2 Å². The monoisotopic (exact) mass is 501 g/mol. The molecule has 2 aliphatic heterocycles. The SMILES string of the molecule is C#Cc1nn2c3cc(ccc13)-c1cc(O)cc(c1)C[C@H](N)C(=O)N1CCC[C@H](N1)C(=O)OCC(C)(C)C2. The molecule has 5 rings (SSSR count). The number of benzene rings is 2. The predicted octanol–water partition coefficient (Wildman–Crippen LogP) is 2.34. The maximum Gasteiger partial charge on any atom is 0.324 e. The molecule has 3 aromatic rings. The number of nitrogens with one attached hydrogen (secondary N) is 1. The first-order chi connectivity index (χ1) is 17.6. The third kappa shape index (κ3) is 5.03. The van der Waals surface area contributed by atoms with Gasteiger partial charge in [0.15, 0.2) is 0 Å². The molecule has 1 amide bonds. The number of aromatic hydroxyl groups is 1. The lowest BCUT2D eigenvalue weighted by Crippen LogP contribution is -2.59. The summed E-state index contributed by atoms with van der Waals surface area (Å²) >= 11 is 0. The molecule has 2 atom stereocenters. The number of esters is 1. The van der Waals surface area contributed by atoms with Gasteiger partial charge in [0.2, 0.25) is 0 Å². The molecule has 3 heterocycles. The number of carbonyl (C=O) groups is 2. The summed E-state index contributed by atoms with van der Waals surface area (Å²) in [5.74, 6) is 2.03. The number of hydrogen-bond acceptors (Lipinski definition) is 7. The molecule has 0 saturated carbocycles. The molecule has 0 spiro atoms. The number of phenols is 1. The smallest absolute Gasteiger partial charge is 0.324 e. The molecule has 0 aliphatic carbocycles. The van der Waals surface area contributed by atoms with Gasteiger partial charge in [-0.05, 0) is 66.1 Å². The van der Waals surface area contributed by atoms with Crippen LogP contribution in [0.2, 0.25) is 0 Å². The van der Waals surface area contributed by atoms with Crippen LogP contribution in [0, 0.1) is 17.8 Å². The van der Waals surface area contributed by atoms with E-state index in [0.717, 1.165) is 27.6 Å². The molecule has 2 aliphatic rings. The topological polar surface area (TPSA) is 123 Å². The molecular weight excluding hydrogens is 470 g/mol. The minimum absolute atomic E-state index is 0.0829. The Morgan fingerprint density at radius 2 is 2.03 bits per heavy atom. The van der Waals surface area contributed by atoms with Gasteiger partial charge >= 0.3 is 5.97 Å². The van der Waals surface area contributed by atoms with E-state index in [2.05, 4.69) is 16.4 Å². The fraction of sp³-hybridized carbons (Fsp3) is 0.393. The highest BCUT2D eigenvalue weighted by Gasteiger charge is 2.33. The van der Waals surface area contributed by atoms with Gasteiger partial charge in [-0.3, -0.25) is 19.3 Å². The standard InChI is InChI=1S/C28H31N5O4/c1-4-23-21-8-7-18-14-25(21)33(30-23)15-28(2,3)16-37-27(36)24-6-5-9-32(31-24)26(35)22(29)12-17-10-19(18)13-20(34)11-17/h1,7-8,10-11,13-14,22,24,31,34H,5-6,9,12,15-16,29H2,2-3H3/t22-,24-/m0/s1. The highest BCUT2D eigenvalue weighted by atomic mass is 16.5. The van der Waals surface area contributed by atoms with E-state index >= 15 is 0 Å². The second-order valence-electron chi connectivity index (χ2n) is 10.7. The molecule has 2 aromatic carbocycles. The maximum absolute atomic E-state index is 13.1. The number of cyclic esters (lactones) is 1. The number of carbonyl (C=O) groups excluding carboxylic acids is 2. The van der Waals surface area contributed by atoms with E-state index in [0.29, 0.717) is 31.6 Å². The summed E-state index contributed by atoms with van der Waals surface area (Å²) in [6, 6.07) is 9.58. The summed E-state index contributed by atoms with van der Waals surface area (Å²) in [5, 5.41) is 17.4. The van der Waals surface area contributed by atoms with Gasteiger partial charge in [0.1, 0.15) is 17.5 Å². The molecule has 1 saturated heterocycles. The predicted molar refractivity (Wildman–Crippen MR) is 139 cm³/mol. The van der Waals surface area contributed by atoms with Gasteiger partial charge in [0.05, 0.1) is 24.7 Å². The van der Waals surface area contributed by atoms with Crippen molar-refractivity contribution in [2.24, 2.45) is 11.1 Å². The summed E-state index contributed by atoms with van der Waals surface area (Å²) in [6.45, 7) is 5.07. The van der Waals surface area contributed by atoms with Crippen LogP contribution in [0.15, 0.2) is 36.4 Å². The first-order valence-corrected chi connectivity index (χ1v) is 12.4. The van der Waals surface area contributed by atoms with Crippen LogP contribution in [0.4, 0.5) is 0 Å². The second kappa shape index (κ2) is 9.54. The lowest BCUT2D eigenvalue weighted by molar-refractivity contribution is -0.155. The number of aromatic nitrogens is 2. The van der Waals surface area contributed by atoms with E-state index in [9.17, 15) is 14.7 Å². The summed E-state index contributed by atoms with van der Waals surface area (Å²) in [4.78, 5) is 26.0.